The maximum atomic E-state index is 8.92. The molecule has 1 unspecified atom stereocenters. The van der Waals surface area contributed by atoms with Crippen molar-refractivity contribution in [2.45, 2.75) is 28.8 Å². The van der Waals surface area contributed by atoms with Crippen LogP contribution in [0.3, 0.4) is 0 Å². The maximum Gasteiger partial charge on any atom is 0.0992 e. The maximum absolute atomic E-state index is 8.92. The van der Waals surface area contributed by atoms with Gasteiger partial charge in [-0.1, -0.05) is 6.92 Å². The molecule has 2 atom stereocenters. The van der Waals surface area contributed by atoms with E-state index in [0.717, 1.165) is 16.6 Å². The van der Waals surface area contributed by atoms with E-state index in [2.05, 4.69) is 45.7 Å². The number of hydrogen-bond acceptors (Lipinski definition) is 4. The van der Waals surface area contributed by atoms with Crippen LogP contribution in [0.15, 0.2) is 38.3 Å². The molecule has 102 valence electrons. The van der Waals surface area contributed by atoms with Crippen LogP contribution in [0.25, 0.3) is 0 Å². The highest BCUT2D eigenvalue weighted by Gasteiger charge is 2.26. The lowest BCUT2D eigenvalue weighted by Gasteiger charge is -2.28. The van der Waals surface area contributed by atoms with Crippen molar-refractivity contribution >= 4 is 44.7 Å². The molecule has 1 aliphatic heterocycles. The normalized spacial score (nSPS) is 21.1. The minimum absolute atomic E-state index is 0.344. The monoisotopic (exact) mass is 364 g/mol. The molecule has 20 heavy (non-hydrogen) atoms. The molecule has 0 amide bonds. The zero-order chi connectivity index (χ0) is 14.1. The number of anilines is 1. The Morgan fingerprint density at radius 2 is 2.25 bits per heavy atom. The number of hydrogen-bond donors (Lipinski definition) is 1. The van der Waals surface area contributed by atoms with Gasteiger partial charge in [0.15, 0.2) is 0 Å². The minimum Gasteiger partial charge on any atom is -0.377 e. The number of fused-ring (bicyclic) bond motifs is 1. The molecule has 0 radical (unpaired) electrons. The number of nitriles is 1. The fraction of sp³-hybridized carbons (Fsp3) is 0.267. The molecule has 0 fully saturated rings. The summed E-state index contributed by atoms with van der Waals surface area (Å²) < 4.78 is 2.37. The van der Waals surface area contributed by atoms with Crippen molar-refractivity contribution in [3.63, 3.8) is 0 Å². The van der Waals surface area contributed by atoms with Crippen LogP contribution in [0.2, 0.25) is 0 Å². The summed E-state index contributed by atoms with van der Waals surface area (Å²) in [7, 11) is 0. The van der Waals surface area contributed by atoms with Gasteiger partial charge < -0.3 is 5.32 Å². The van der Waals surface area contributed by atoms with Crippen molar-refractivity contribution < 1.29 is 0 Å². The summed E-state index contributed by atoms with van der Waals surface area (Å²) in [4.78, 5) is 0. The van der Waals surface area contributed by atoms with Gasteiger partial charge in [-0.15, -0.1) is 23.1 Å². The Hall–Kier alpha value is -0.960. The van der Waals surface area contributed by atoms with E-state index < -0.39 is 0 Å². The van der Waals surface area contributed by atoms with E-state index in [4.69, 9.17) is 5.26 Å². The summed E-state index contributed by atoms with van der Waals surface area (Å²) in [6.45, 7) is 2.27. The quantitative estimate of drug-likeness (QED) is 0.772. The Kier molecular flexibility index (Phi) is 4.06. The lowest BCUT2D eigenvalue weighted by Crippen LogP contribution is -2.19. The predicted octanol–water partition coefficient (Wildman–Crippen LogP) is 5.42. The molecule has 0 spiro atoms. The van der Waals surface area contributed by atoms with E-state index in [1.54, 1.807) is 0 Å². The first-order valence-electron chi connectivity index (χ1n) is 6.37. The van der Waals surface area contributed by atoms with E-state index >= 15 is 0 Å². The highest BCUT2D eigenvalue weighted by Crippen LogP contribution is 2.45. The lowest BCUT2D eigenvalue weighted by atomic mass is 10.0. The Morgan fingerprint density at radius 1 is 1.40 bits per heavy atom. The summed E-state index contributed by atoms with van der Waals surface area (Å²) in [5.41, 5.74) is 3.12. The third-order valence-electron chi connectivity index (χ3n) is 3.34. The zero-order valence-corrected chi connectivity index (χ0v) is 14.1. The van der Waals surface area contributed by atoms with Crippen molar-refractivity contribution in [3.05, 3.63) is 45.2 Å². The standard InChI is InChI=1S/C15H13BrN2S2/c1-9-6-14(11-4-5-19-15(11)20-9)18-13-3-2-10(8-17)7-12(13)16/h2-5,7,9,14,18H,6H2,1H3/t9-,14?/m0/s1. The first-order chi connectivity index (χ1) is 9.67. The molecule has 2 aromatic rings. The molecule has 2 nitrogen and oxygen atoms in total. The fourth-order valence-corrected chi connectivity index (χ4v) is 5.44. The van der Waals surface area contributed by atoms with Gasteiger partial charge in [0.2, 0.25) is 0 Å². The second-order valence-corrected chi connectivity index (χ2v) is 8.31. The number of thiophene rings is 1. The molecule has 1 N–H and O–H groups in total. The first kappa shape index (κ1) is 14.0. The van der Waals surface area contributed by atoms with Crippen LogP contribution < -0.4 is 5.32 Å². The molecule has 0 saturated heterocycles. The average molecular weight is 365 g/mol. The van der Waals surface area contributed by atoms with Gasteiger partial charge in [-0.2, -0.15) is 5.26 Å². The molecule has 5 heteroatoms. The van der Waals surface area contributed by atoms with Crippen LogP contribution in [0.1, 0.15) is 30.5 Å². The van der Waals surface area contributed by atoms with Crippen LogP contribution in [0, 0.1) is 11.3 Å². The van der Waals surface area contributed by atoms with Gasteiger partial charge in [-0.25, -0.2) is 0 Å². The van der Waals surface area contributed by atoms with Crippen molar-refractivity contribution in [3.8, 4) is 6.07 Å². The summed E-state index contributed by atoms with van der Waals surface area (Å²) in [6, 6.07) is 10.4. The van der Waals surface area contributed by atoms with Gasteiger partial charge >= 0.3 is 0 Å². The van der Waals surface area contributed by atoms with Gasteiger partial charge in [-0.05, 0) is 57.6 Å². The molecule has 1 aromatic heterocycles. The number of rotatable bonds is 2. The van der Waals surface area contributed by atoms with E-state index in [0.29, 0.717) is 16.9 Å². The van der Waals surface area contributed by atoms with Gasteiger partial charge in [0.1, 0.15) is 0 Å². The van der Waals surface area contributed by atoms with Crippen LogP contribution in [0.5, 0.6) is 0 Å². The van der Waals surface area contributed by atoms with Crippen LogP contribution in [-0.4, -0.2) is 5.25 Å². The summed E-state index contributed by atoms with van der Waals surface area (Å²) in [6.07, 6.45) is 1.11. The molecule has 1 aromatic carbocycles. The number of nitrogens with one attached hydrogen (secondary N) is 1. The SMILES string of the molecule is C[C@H]1CC(Nc2ccc(C#N)cc2Br)c2ccsc2S1. The van der Waals surface area contributed by atoms with E-state index in [1.807, 2.05) is 41.3 Å². The number of halogens is 1. The van der Waals surface area contributed by atoms with Gasteiger partial charge in [0.25, 0.3) is 0 Å². The average Bonchev–Trinajstić information content (AvgIpc) is 2.89. The number of nitrogens with zero attached hydrogens (tertiary/aromatic N) is 1. The summed E-state index contributed by atoms with van der Waals surface area (Å²) in [5.74, 6) is 0. The van der Waals surface area contributed by atoms with Gasteiger partial charge in [-0.3, -0.25) is 0 Å². The van der Waals surface area contributed by atoms with Crippen molar-refractivity contribution in [1.82, 2.24) is 0 Å². The Balaban J connectivity index is 1.87. The highest BCUT2D eigenvalue weighted by atomic mass is 79.9. The van der Waals surface area contributed by atoms with Crippen molar-refractivity contribution in [1.29, 1.82) is 5.26 Å². The summed E-state index contributed by atoms with van der Waals surface area (Å²) >= 11 is 7.33. The number of benzene rings is 1. The van der Waals surface area contributed by atoms with Crippen molar-refractivity contribution in [2.24, 2.45) is 0 Å². The predicted molar refractivity (Wildman–Crippen MR) is 89.5 cm³/mol. The number of thioether (sulfide) groups is 1. The Labute approximate surface area is 135 Å². The van der Waals surface area contributed by atoms with Gasteiger partial charge in [0, 0.05) is 15.4 Å². The molecular weight excluding hydrogens is 352 g/mol. The third-order valence-corrected chi connectivity index (χ3v) is 6.34. The second-order valence-electron chi connectivity index (χ2n) is 4.83. The van der Waals surface area contributed by atoms with Crippen LogP contribution in [-0.2, 0) is 0 Å². The fourth-order valence-electron chi connectivity index (χ4n) is 2.38. The largest absolute Gasteiger partial charge is 0.377 e. The minimum atomic E-state index is 0.344. The lowest BCUT2D eigenvalue weighted by molar-refractivity contribution is 0.669. The summed E-state index contributed by atoms with van der Waals surface area (Å²) in [5, 5.41) is 15.3. The second kappa shape index (κ2) is 5.80. The highest BCUT2D eigenvalue weighted by molar-refractivity contribution is 9.10. The molecule has 0 saturated carbocycles. The van der Waals surface area contributed by atoms with Gasteiger partial charge in [0.05, 0.1) is 21.9 Å². The molecule has 0 aliphatic carbocycles. The molecule has 2 heterocycles. The zero-order valence-electron chi connectivity index (χ0n) is 10.9. The van der Waals surface area contributed by atoms with Crippen LogP contribution in [0.4, 0.5) is 5.69 Å². The Bertz CT molecular complexity index is 675. The van der Waals surface area contributed by atoms with Crippen molar-refractivity contribution in [2.75, 3.05) is 5.32 Å². The topological polar surface area (TPSA) is 35.8 Å². The first-order valence-corrected chi connectivity index (χ1v) is 8.93. The molecular formula is C15H13BrN2S2. The third kappa shape index (κ3) is 2.73. The Morgan fingerprint density at radius 3 is 3.00 bits per heavy atom. The van der Waals surface area contributed by atoms with E-state index in [1.165, 1.54) is 9.77 Å². The smallest absolute Gasteiger partial charge is 0.0992 e. The molecule has 0 bridgehead atoms. The van der Waals surface area contributed by atoms with E-state index in [9.17, 15) is 0 Å². The van der Waals surface area contributed by atoms with E-state index in [-0.39, 0.29) is 0 Å². The van der Waals surface area contributed by atoms with Crippen LogP contribution >= 0.6 is 39.0 Å². The molecule has 3 rings (SSSR count). The molecule has 1 aliphatic rings.